The molecule has 0 fully saturated rings. The molecule has 0 aromatic heterocycles. The first-order valence-corrected chi connectivity index (χ1v) is 7.47. The van der Waals surface area contributed by atoms with E-state index in [4.69, 9.17) is 11.6 Å². The predicted octanol–water partition coefficient (Wildman–Crippen LogP) is 5.02. The molecule has 0 radical (unpaired) electrons. The minimum absolute atomic E-state index is 0.406. The number of hydrogen-bond donors (Lipinski definition) is 1. The molecule has 2 heteroatoms. The second-order valence-corrected chi connectivity index (χ2v) is 6.17. The van der Waals surface area contributed by atoms with Crippen LogP contribution in [-0.2, 0) is 0 Å². The molecule has 0 aliphatic carbocycles. The SMILES string of the molecule is C=C(C(C)C)[C@H](CCNC(C)C)c1ccc(Cl)cc1. The van der Waals surface area contributed by atoms with Crippen molar-refractivity contribution in [2.75, 3.05) is 6.54 Å². The first-order chi connectivity index (χ1) is 8.91. The Labute approximate surface area is 123 Å². The highest BCUT2D eigenvalue weighted by atomic mass is 35.5. The summed E-state index contributed by atoms with van der Waals surface area (Å²) in [6.07, 6.45) is 1.08. The second-order valence-electron chi connectivity index (χ2n) is 5.73. The van der Waals surface area contributed by atoms with E-state index >= 15 is 0 Å². The molecular weight excluding hydrogens is 254 g/mol. The van der Waals surface area contributed by atoms with Gasteiger partial charge in [-0.2, -0.15) is 0 Å². The lowest BCUT2D eigenvalue weighted by Gasteiger charge is -2.23. The minimum Gasteiger partial charge on any atom is -0.314 e. The van der Waals surface area contributed by atoms with Gasteiger partial charge in [0.25, 0.3) is 0 Å². The molecule has 0 bridgehead atoms. The van der Waals surface area contributed by atoms with E-state index in [-0.39, 0.29) is 0 Å². The van der Waals surface area contributed by atoms with E-state index in [0.29, 0.717) is 17.9 Å². The van der Waals surface area contributed by atoms with Gasteiger partial charge in [-0.05, 0) is 36.6 Å². The van der Waals surface area contributed by atoms with Gasteiger partial charge in [0, 0.05) is 17.0 Å². The van der Waals surface area contributed by atoms with Crippen molar-refractivity contribution in [3.63, 3.8) is 0 Å². The van der Waals surface area contributed by atoms with E-state index in [1.54, 1.807) is 0 Å². The monoisotopic (exact) mass is 279 g/mol. The van der Waals surface area contributed by atoms with Crippen LogP contribution < -0.4 is 5.32 Å². The number of nitrogens with one attached hydrogen (secondary N) is 1. The van der Waals surface area contributed by atoms with E-state index in [1.165, 1.54) is 11.1 Å². The average molecular weight is 280 g/mol. The molecular formula is C17H26ClN. The Morgan fingerprint density at radius 1 is 1.16 bits per heavy atom. The summed E-state index contributed by atoms with van der Waals surface area (Å²) in [5, 5.41) is 4.27. The van der Waals surface area contributed by atoms with Gasteiger partial charge >= 0.3 is 0 Å². The van der Waals surface area contributed by atoms with Crippen LogP contribution in [0.15, 0.2) is 36.4 Å². The van der Waals surface area contributed by atoms with Crippen LogP contribution in [-0.4, -0.2) is 12.6 Å². The summed E-state index contributed by atoms with van der Waals surface area (Å²) in [4.78, 5) is 0. The van der Waals surface area contributed by atoms with Crippen molar-refractivity contribution >= 4 is 11.6 Å². The van der Waals surface area contributed by atoms with Gasteiger partial charge in [0.15, 0.2) is 0 Å². The maximum atomic E-state index is 5.97. The third kappa shape index (κ3) is 5.38. The van der Waals surface area contributed by atoms with E-state index in [9.17, 15) is 0 Å². The van der Waals surface area contributed by atoms with E-state index in [2.05, 4.69) is 51.7 Å². The molecule has 0 aliphatic rings. The van der Waals surface area contributed by atoms with Crippen molar-refractivity contribution in [2.24, 2.45) is 5.92 Å². The van der Waals surface area contributed by atoms with E-state index in [0.717, 1.165) is 18.0 Å². The molecule has 19 heavy (non-hydrogen) atoms. The van der Waals surface area contributed by atoms with Gasteiger partial charge in [-0.25, -0.2) is 0 Å². The van der Waals surface area contributed by atoms with Crippen LogP contribution in [0.1, 0.15) is 45.6 Å². The lowest BCUT2D eigenvalue weighted by atomic mass is 9.83. The fourth-order valence-electron chi connectivity index (χ4n) is 2.18. The summed E-state index contributed by atoms with van der Waals surface area (Å²) in [5.41, 5.74) is 2.61. The first-order valence-electron chi connectivity index (χ1n) is 7.09. The van der Waals surface area contributed by atoms with Gasteiger partial charge < -0.3 is 5.32 Å². The lowest BCUT2D eigenvalue weighted by molar-refractivity contribution is 0.531. The third-order valence-electron chi connectivity index (χ3n) is 3.45. The van der Waals surface area contributed by atoms with E-state index in [1.807, 2.05) is 12.1 Å². The predicted molar refractivity (Wildman–Crippen MR) is 85.9 cm³/mol. The van der Waals surface area contributed by atoms with Crippen LogP contribution in [0.3, 0.4) is 0 Å². The fourth-order valence-corrected chi connectivity index (χ4v) is 2.31. The fraction of sp³-hybridized carbons (Fsp3) is 0.529. The topological polar surface area (TPSA) is 12.0 Å². The number of hydrogen-bond acceptors (Lipinski definition) is 1. The van der Waals surface area contributed by atoms with Crippen molar-refractivity contribution in [3.05, 3.63) is 47.0 Å². The maximum Gasteiger partial charge on any atom is 0.0406 e. The van der Waals surface area contributed by atoms with Gasteiger partial charge in [0.2, 0.25) is 0 Å². The Kier molecular flexibility index (Phi) is 6.60. The molecule has 0 saturated heterocycles. The largest absolute Gasteiger partial charge is 0.314 e. The van der Waals surface area contributed by atoms with Crippen molar-refractivity contribution in [3.8, 4) is 0 Å². The summed E-state index contributed by atoms with van der Waals surface area (Å²) in [5.74, 6) is 0.906. The summed E-state index contributed by atoms with van der Waals surface area (Å²) in [7, 11) is 0. The van der Waals surface area contributed by atoms with Crippen molar-refractivity contribution in [1.29, 1.82) is 0 Å². The average Bonchev–Trinajstić information content (AvgIpc) is 2.35. The molecule has 0 heterocycles. The summed E-state index contributed by atoms with van der Waals surface area (Å²) >= 11 is 5.97. The normalized spacial score (nSPS) is 13.0. The molecule has 0 aliphatic heterocycles. The van der Waals surface area contributed by atoms with Crippen LogP contribution in [0.25, 0.3) is 0 Å². The molecule has 1 atom stereocenters. The molecule has 0 unspecified atom stereocenters. The quantitative estimate of drug-likeness (QED) is 0.691. The highest BCUT2D eigenvalue weighted by Gasteiger charge is 2.17. The van der Waals surface area contributed by atoms with Gasteiger partial charge in [-0.15, -0.1) is 0 Å². The standard InChI is InChI=1S/C17H26ClN/c1-12(2)14(5)17(10-11-19-13(3)4)15-6-8-16(18)9-7-15/h6-9,12-13,17,19H,5,10-11H2,1-4H3/t17-/m0/s1. The van der Waals surface area contributed by atoms with Crippen LogP contribution in [0.2, 0.25) is 5.02 Å². The zero-order valence-corrected chi connectivity index (χ0v) is 13.3. The number of allylic oxidation sites excluding steroid dienone is 1. The lowest BCUT2D eigenvalue weighted by Crippen LogP contribution is -2.25. The number of halogens is 1. The van der Waals surface area contributed by atoms with Crippen molar-refractivity contribution < 1.29 is 0 Å². The molecule has 1 aromatic rings. The molecule has 106 valence electrons. The maximum absolute atomic E-state index is 5.97. The number of rotatable bonds is 7. The molecule has 1 N–H and O–H groups in total. The zero-order valence-electron chi connectivity index (χ0n) is 12.5. The van der Waals surface area contributed by atoms with Crippen LogP contribution >= 0.6 is 11.6 Å². The van der Waals surface area contributed by atoms with Gasteiger partial charge in [0.05, 0.1) is 0 Å². The van der Waals surface area contributed by atoms with Crippen LogP contribution in [0.4, 0.5) is 0 Å². The third-order valence-corrected chi connectivity index (χ3v) is 3.70. The molecule has 1 rings (SSSR count). The molecule has 0 saturated carbocycles. The number of benzene rings is 1. The highest BCUT2D eigenvalue weighted by molar-refractivity contribution is 6.30. The van der Waals surface area contributed by atoms with Crippen molar-refractivity contribution in [1.82, 2.24) is 5.32 Å². The zero-order chi connectivity index (χ0) is 14.4. The molecule has 1 aromatic carbocycles. The Morgan fingerprint density at radius 2 is 1.74 bits per heavy atom. The minimum atomic E-state index is 0.406. The molecule has 1 nitrogen and oxygen atoms in total. The van der Waals surface area contributed by atoms with Gasteiger partial charge in [-0.3, -0.25) is 0 Å². The Bertz CT molecular complexity index is 392. The Hall–Kier alpha value is -0.790. The first kappa shape index (κ1) is 16.3. The van der Waals surface area contributed by atoms with Crippen LogP contribution in [0, 0.1) is 5.92 Å². The Balaban J connectivity index is 2.80. The highest BCUT2D eigenvalue weighted by Crippen LogP contribution is 2.31. The summed E-state index contributed by atoms with van der Waals surface area (Å²) < 4.78 is 0. The van der Waals surface area contributed by atoms with Gasteiger partial charge in [-0.1, -0.05) is 63.6 Å². The van der Waals surface area contributed by atoms with E-state index < -0.39 is 0 Å². The van der Waals surface area contributed by atoms with Gasteiger partial charge in [0.1, 0.15) is 0 Å². The van der Waals surface area contributed by atoms with Crippen LogP contribution in [0.5, 0.6) is 0 Å². The molecule has 0 amide bonds. The molecule has 0 spiro atoms. The summed E-state index contributed by atoms with van der Waals surface area (Å²) in [6, 6.07) is 8.70. The summed E-state index contributed by atoms with van der Waals surface area (Å²) in [6.45, 7) is 14.1. The second kappa shape index (κ2) is 7.72. The Morgan fingerprint density at radius 3 is 2.21 bits per heavy atom. The van der Waals surface area contributed by atoms with Crippen molar-refractivity contribution in [2.45, 2.75) is 46.1 Å². The smallest absolute Gasteiger partial charge is 0.0406 e.